The molecule has 0 aliphatic heterocycles. The summed E-state index contributed by atoms with van der Waals surface area (Å²) in [5.41, 5.74) is 3.89. The first-order chi connectivity index (χ1) is 8.43. The number of nitrogens with one attached hydrogen (secondary N) is 1. The van der Waals surface area contributed by atoms with Gasteiger partial charge in [-0.15, -0.1) is 12.4 Å². The van der Waals surface area contributed by atoms with E-state index < -0.39 is 0 Å². The number of H-pyrrole nitrogens is 1. The maximum atomic E-state index is 4.30. The minimum Gasteiger partial charge on any atom is -0.352 e. The number of pyridine rings is 2. The molecule has 0 atom stereocenters. The highest BCUT2D eigenvalue weighted by Gasteiger charge is 2.04. The largest absolute Gasteiger partial charge is 0.352 e. The van der Waals surface area contributed by atoms with Crippen LogP contribution in [0.3, 0.4) is 0 Å². The second kappa shape index (κ2) is 5.47. The van der Waals surface area contributed by atoms with Gasteiger partial charge in [0.25, 0.3) is 0 Å². The Morgan fingerprint density at radius 2 is 1.17 bits per heavy atom. The van der Waals surface area contributed by atoms with Crippen molar-refractivity contribution in [2.45, 2.75) is 0 Å². The third-order valence-electron chi connectivity index (χ3n) is 2.57. The summed E-state index contributed by atoms with van der Waals surface area (Å²) in [6.07, 6.45) is 3.58. The van der Waals surface area contributed by atoms with Gasteiger partial charge in [-0.1, -0.05) is 12.1 Å². The molecule has 0 radical (unpaired) electrons. The monoisotopic (exact) mass is 257 g/mol. The number of halogens is 1. The number of aromatic amines is 1. The Morgan fingerprint density at radius 1 is 0.667 bits per heavy atom. The Labute approximate surface area is 111 Å². The average Bonchev–Trinajstić information content (AvgIpc) is 2.90. The zero-order chi connectivity index (χ0) is 11.5. The van der Waals surface area contributed by atoms with Crippen LogP contribution in [0.15, 0.2) is 60.9 Å². The second-order valence-electron chi connectivity index (χ2n) is 3.72. The molecule has 0 bridgehead atoms. The number of nitrogens with zero attached hydrogens (tertiary/aromatic N) is 2. The van der Waals surface area contributed by atoms with Crippen LogP contribution in [-0.2, 0) is 0 Å². The molecule has 0 amide bonds. The molecule has 18 heavy (non-hydrogen) atoms. The molecular formula is C14H12ClN3. The van der Waals surface area contributed by atoms with Crippen LogP contribution < -0.4 is 0 Å². The van der Waals surface area contributed by atoms with Gasteiger partial charge in [0.2, 0.25) is 0 Å². The molecule has 0 aliphatic rings. The molecule has 0 spiro atoms. The molecule has 3 rings (SSSR count). The quantitative estimate of drug-likeness (QED) is 0.763. The number of rotatable bonds is 2. The summed E-state index contributed by atoms with van der Waals surface area (Å²) in [6, 6.07) is 15.8. The number of aromatic nitrogens is 3. The fraction of sp³-hybridized carbons (Fsp3) is 0. The fourth-order valence-electron chi connectivity index (χ4n) is 1.74. The van der Waals surface area contributed by atoms with Gasteiger partial charge in [-0.25, -0.2) is 0 Å². The molecular weight excluding hydrogens is 246 g/mol. The molecule has 3 aromatic rings. The topological polar surface area (TPSA) is 41.6 Å². The molecule has 3 aromatic heterocycles. The normalized spacial score (nSPS) is 9.78. The van der Waals surface area contributed by atoms with Crippen molar-refractivity contribution < 1.29 is 0 Å². The lowest BCUT2D eigenvalue weighted by Crippen LogP contribution is -1.84. The molecule has 0 aromatic carbocycles. The van der Waals surface area contributed by atoms with Crippen molar-refractivity contribution in [3.8, 4) is 22.8 Å². The average molecular weight is 258 g/mol. The van der Waals surface area contributed by atoms with E-state index in [-0.39, 0.29) is 12.4 Å². The van der Waals surface area contributed by atoms with E-state index in [0.29, 0.717) is 0 Å². The van der Waals surface area contributed by atoms with Crippen molar-refractivity contribution in [1.29, 1.82) is 0 Å². The van der Waals surface area contributed by atoms with Gasteiger partial charge in [0, 0.05) is 12.4 Å². The van der Waals surface area contributed by atoms with E-state index in [1.807, 2.05) is 48.5 Å². The summed E-state index contributed by atoms with van der Waals surface area (Å²) in [5.74, 6) is 0. The molecule has 0 unspecified atom stereocenters. The summed E-state index contributed by atoms with van der Waals surface area (Å²) < 4.78 is 0. The molecule has 0 saturated carbocycles. The molecule has 0 fully saturated rings. The van der Waals surface area contributed by atoms with Crippen molar-refractivity contribution in [3.63, 3.8) is 0 Å². The van der Waals surface area contributed by atoms with Gasteiger partial charge in [-0.2, -0.15) is 0 Å². The first kappa shape index (κ1) is 12.3. The zero-order valence-corrected chi connectivity index (χ0v) is 10.4. The number of hydrogen-bond acceptors (Lipinski definition) is 2. The summed E-state index contributed by atoms with van der Waals surface area (Å²) in [4.78, 5) is 11.9. The van der Waals surface area contributed by atoms with E-state index in [0.717, 1.165) is 22.8 Å². The van der Waals surface area contributed by atoms with Crippen LogP contribution in [0, 0.1) is 0 Å². The van der Waals surface area contributed by atoms with E-state index in [4.69, 9.17) is 0 Å². The summed E-state index contributed by atoms with van der Waals surface area (Å²) >= 11 is 0. The minimum atomic E-state index is 0. The highest BCUT2D eigenvalue weighted by atomic mass is 35.5. The first-order valence-corrected chi connectivity index (χ1v) is 5.45. The molecule has 0 aliphatic carbocycles. The summed E-state index contributed by atoms with van der Waals surface area (Å²) in [7, 11) is 0. The van der Waals surface area contributed by atoms with Crippen molar-refractivity contribution in [3.05, 3.63) is 60.9 Å². The highest BCUT2D eigenvalue weighted by molar-refractivity contribution is 5.85. The Morgan fingerprint density at radius 3 is 1.56 bits per heavy atom. The molecule has 1 N–H and O–H groups in total. The highest BCUT2D eigenvalue weighted by Crippen LogP contribution is 2.21. The maximum Gasteiger partial charge on any atom is 0.0864 e. The third-order valence-corrected chi connectivity index (χ3v) is 2.57. The van der Waals surface area contributed by atoms with Gasteiger partial charge >= 0.3 is 0 Å². The Bertz CT molecular complexity index is 551. The van der Waals surface area contributed by atoms with E-state index >= 15 is 0 Å². The van der Waals surface area contributed by atoms with Gasteiger partial charge < -0.3 is 4.98 Å². The van der Waals surface area contributed by atoms with Crippen LogP contribution in [0.2, 0.25) is 0 Å². The predicted octanol–water partition coefficient (Wildman–Crippen LogP) is 3.56. The minimum absolute atomic E-state index is 0. The van der Waals surface area contributed by atoms with Crippen LogP contribution in [0.1, 0.15) is 0 Å². The molecule has 3 heterocycles. The van der Waals surface area contributed by atoms with Crippen molar-refractivity contribution in [2.75, 3.05) is 0 Å². The van der Waals surface area contributed by atoms with Crippen LogP contribution >= 0.6 is 12.4 Å². The van der Waals surface area contributed by atoms with Crippen LogP contribution in [0.25, 0.3) is 22.8 Å². The van der Waals surface area contributed by atoms with Gasteiger partial charge in [-0.05, 0) is 36.4 Å². The summed E-state index contributed by atoms with van der Waals surface area (Å²) in [6.45, 7) is 0. The van der Waals surface area contributed by atoms with Gasteiger partial charge in [0.1, 0.15) is 0 Å². The Balaban J connectivity index is 0.00000120. The molecule has 4 heteroatoms. The lowest BCUT2D eigenvalue weighted by Gasteiger charge is -1.97. The molecule has 90 valence electrons. The standard InChI is InChI=1S/C14H11N3.ClH/c1-3-9-15-11(5-1)13-7-8-14(17-13)12-6-2-4-10-16-12;/h1-10,17H;1H. The number of hydrogen-bond donors (Lipinski definition) is 1. The van der Waals surface area contributed by atoms with E-state index in [1.54, 1.807) is 12.4 Å². The Hall–Kier alpha value is -2.13. The predicted molar refractivity (Wildman–Crippen MR) is 74.5 cm³/mol. The van der Waals surface area contributed by atoms with Crippen LogP contribution in [0.4, 0.5) is 0 Å². The zero-order valence-electron chi connectivity index (χ0n) is 9.58. The van der Waals surface area contributed by atoms with Crippen LogP contribution in [-0.4, -0.2) is 15.0 Å². The van der Waals surface area contributed by atoms with E-state index in [1.165, 1.54) is 0 Å². The SMILES string of the molecule is Cl.c1ccc(-c2ccc(-c3ccccn3)[nH]2)nc1. The third kappa shape index (κ3) is 2.41. The molecule has 0 saturated heterocycles. The van der Waals surface area contributed by atoms with Crippen molar-refractivity contribution >= 4 is 12.4 Å². The fourth-order valence-corrected chi connectivity index (χ4v) is 1.74. The lowest BCUT2D eigenvalue weighted by atomic mass is 10.3. The van der Waals surface area contributed by atoms with Gasteiger partial charge in [0.15, 0.2) is 0 Å². The smallest absolute Gasteiger partial charge is 0.0864 e. The lowest BCUT2D eigenvalue weighted by molar-refractivity contribution is 1.25. The van der Waals surface area contributed by atoms with E-state index in [9.17, 15) is 0 Å². The van der Waals surface area contributed by atoms with Gasteiger partial charge in [-0.3, -0.25) is 9.97 Å². The summed E-state index contributed by atoms with van der Waals surface area (Å²) in [5, 5.41) is 0. The van der Waals surface area contributed by atoms with Crippen molar-refractivity contribution in [1.82, 2.24) is 15.0 Å². The van der Waals surface area contributed by atoms with Crippen molar-refractivity contribution in [2.24, 2.45) is 0 Å². The van der Waals surface area contributed by atoms with E-state index in [2.05, 4.69) is 15.0 Å². The first-order valence-electron chi connectivity index (χ1n) is 5.45. The Kier molecular flexibility index (Phi) is 3.75. The molecule has 3 nitrogen and oxygen atoms in total. The second-order valence-corrected chi connectivity index (χ2v) is 3.72. The maximum absolute atomic E-state index is 4.30. The van der Waals surface area contributed by atoms with Gasteiger partial charge in [0.05, 0.1) is 22.8 Å². The van der Waals surface area contributed by atoms with Crippen LogP contribution in [0.5, 0.6) is 0 Å².